The highest BCUT2D eigenvalue weighted by Crippen LogP contribution is 2.36. The second-order valence-electron chi connectivity index (χ2n) is 4.07. The molecule has 0 heterocycles. The van der Waals surface area contributed by atoms with Crippen LogP contribution in [-0.2, 0) is 4.79 Å². The fourth-order valence-corrected chi connectivity index (χ4v) is 1.69. The fourth-order valence-electron chi connectivity index (χ4n) is 1.69. The van der Waals surface area contributed by atoms with E-state index in [1.807, 2.05) is 0 Å². The molecule has 0 N–H and O–H groups in total. The molecule has 1 atom stereocenters. The molecule has 0 radical (unpaired) electrons. The number of hydrogen-bond acceptors (Lipinski definition) is 1. The van der Waals surface area contributed by atoms with Gasteiger partial charge < -0.3 is 4.90 Å². The van der Waals surface area contributed by atoms with Gasteiger partial charge in [0, 0.05) is 12.5 Å². The van der Waals surface area contributed by atoms with Crippen molar-refractivity contribution in [3.8, 4) is 0 Å². The highest BCUT2D eigenvalue weighted by Gasteiger charge is 2.39. The molecule has 0 aromatic rings. The molecule has 15 heavy (non-hydrogen) atoms. The molecule has 0 aliphatic heterocycles. The van der Waals surface area contributed by atoms with Crippen LogP contribution in [0.2, 0.25) is 0 Å². The topological polar surface area (TPSA) is 20.3 Å². The van der Waals surface area contributed by atoms with Crippen molar-refractivity contribution in [1.29, 1.82) is 0 Å². The highest BCUT2D eigenvalue weighted by molar-refractivity contribution is 5.76. The van der Waals surface area contributed by atoms with Crippen LogP contribution in [0.15, 0.2) is 0 Å². The third-order valence-electron chi connectivity index (χ3n) is 2.77. The number of alkyl halides is 3. The SMILES string of the molecule is CCC(=O)N(CC(F)(F)F)C(C)C1CC1. The van der Waals surface area contributed by atoms with Crippen LogP contribution >= 0.6 is 0 Å². The van der Waals surface area contributed by atoms with Gasteiger partial charge in [0.1, 0.15) is 6.54 Å². The van der Waals surface area contributed by atoms with E-state index in [1.165, 1.54) is 0 Å². The predicted molar refractivity (Wildman–Crippen MR) is 50.2 cm³/mol. The van der Waals surface area contributed by atoms with E-state index < -0.39 is 18.6 Å². The first-order valence-electron chi connectivity index (χ1n) is 5.21. The summed E-state index contributed by atoms with van der Waals surface area (Å²) in [5.41, 5.74) is 0. The molecule has 2 nitrogen and oxygen atoms in total. The molecule has 1 rings (SSSR count). The molecule has 88 valence electrons. The van der Waals surface area contributed by atoms with E-state index in [9.17, 15) is 18.0 Å². The van der Waals surface area contributed by atoms with E-state index in [4.69, 9.17) is 0 Å². The van der Waals surface area contributed by atoms with Crippen LogP contribution in [0.5, 0.6) is 0 Å². The minimum Gasteiger partial charge on any atom is -0.331 e. The van der Waals surface area contributed by atoms with Gasteiger partial charge in [-0.05, 0) is 25.7 Å². The predicted octanol–water partition coefficient (Wildman–Crippen LogP) is 2.59. The Morgan fingerprint density at radius 1 is 1.47 bits per heavy atom. The summed E-state index contributed by atoms with van der Waals surface area (Å²) in [5, 5.41) is 0. The summed E-state index contributed by atoms with van der Waals surface area (Å²) >= 11 is 0. The van der Waals surface area contributed by atoms with Gasteiger partial charge in [-0.1, -0.05) is 6.92 Å². The van der Waals surface area contributed by atoms with Crippen LogP contribution in [0.4, 0.5) is 13.2 Å². The lowest BCUT2D eigenvalue weighted by molar-refractivity contribution is -0.165. The molecule has 1 aliphatic carbocycles. The molecule has 1 unspecified atom stereocenters. The number of hydrogen-bond donors (Lipinski definition) is 0. The van der Waals surface area contributed by atoms with Crippen LogP contribution in [0, 0.1) is 5.92 Å². The lowest BCUT2D eigenvalue weighted by Crippen LogP contribution is -2.45. The molecule has 0 bridgehead atoms. The van der Waals surface area contributed by atoms with E-state index in [0.717, 1.165) is 17.7 Å². The summed E-state index contributed by atoms with van der Waals surface area (Å²) in [7, 11) is 0. The Labute approximate surface area is 87.4 Å². The Morgan fingerprint density at radius 3 is 2.33 bits per heavy atom. The quantitative estimate of drug-likeness (QED) is 0.717. The summed E-state index contributed by atoms with van der Waals surface area (Å²) < 4.78 is 36.8. The molecule has 0 aromatic heterocycles. The van der Waals surface area contributed by atoms with Gasteiger partial charge >= 0.3 is 6.18 Å². The monoisotopic (exact) mass is 223 g/mol. The first-order valence-corrected chi connectivity index (χ1v) is 5.21. The van der Waals surface area contributed by atoms with E-state index in [-0.39, 0.29) is 18.4 Å². The van der Waals surface area contributed by atoms with Crippen molar-refractivity contribution in [2.45, 2.75) is 45.3 Å². The molecule has 1 saturated carbocycles. The first-order chi connectivity index (χ1) is 6.85. The maximum atomic E-state index is 12.3. The van der Waals surface area contributed by atoms with Crippen molar-refractivity contribution in [2.75, 3.05) is 6.54 Å². The number of halogens is 3. The van der Waals surface area contributed by atoms with E-state index in [1.54, 1.807) is 13.8 Å². The Morgan fingerprint density at radius 2 is 2.00 bits per heavy atom. The van der Waals surface area contributed by atoms with Gasteiger partial charge in [-0.3, -0.25) is 4.79 Å². The maximum Gasteiger partial charge on any atom is 0.406 e. The van der Waals surface area contributed by atoms with Gasteiger partial charge in [0.05, 0.1) is 0 Å². The van der Waals surface area contributed by atoms with Crippen LogP contribution in [0.25, 0.3) is 0 Å². The van der Waals surface area contributed by atoms with E-state index >= 15 is 0 Å². The van der Waals surface area contributed by atoms with Crippen molar-refractivity contribution >= 4 is 5.91 Å². The van der Waals surface area contributed by atoms with Crippen molar-refractivity contribution in [1.82, 2.24) is 4.90 Å². The minimum atomic E-state index is -4.30. The van der Waals surface area contributed by atoms with E-state index in [0.29, 0.717) is 0 Å². The van der Waals surface area contributed by atoms with Crippen molar-refractivity contribution in [3.63, 3.8) is 0 Å². The Hall–Kier alpha value is -0.740. The largest absolute Gasteiger partial charge is 0.406 e. The zero-order valence-corrected chi connectivity index (χ0v) is 8.97. The molecular weight excluding hydrogens is 207 g/mol. The molecule has 5 heteroatoms. The first kappa shape index (κ1) is 12.3. The van der Waals surface area contributed by atoms with Gasteiger partial charge in [-0.25, -0.2) is 0 Å². The smallest absolute Gasteiger partial charge is 0.331 e. The summed E-state index contributed by atoms with van der Waals surface area (Å²) in [6, 6.07) is -0.279. The summed E-state index contributed by atoms with van der Waals surface area (Å²) in [6.07, 6.45) is -2.29. The number of nitrogens with zero attached hydrogens (tertiary/aromatic N) is 1. The second-order valence-corrected chi connectivity index (χ2v) is 4.07. The second kappa shape index (κ2) is 4.41. The molecule has 0 saturated heterocycles. The maximum absolute atomic E-state index is 12.3. The van der Waals surface area contributed by atoms with Crippen molar-refractivity contribution in [2.24, 2.45) is 5.92 Å². The van der Waals surface area contributed by atoms with Crippen LogP contribution < -0.4 is 0 Å². The Kier molecular flexibility index (Phi) is 3.62. The number of amides is 1. The molecule has 0 aromatic carbocycles. The van der Waals surface area contributed by atoms with Gasteiger partial charge in [0.25, 0.3) is 0 Å². The number of carbonyl (C=O) groups is 1. The highest BCUT2D eigenvalue weighted by atomic mass is 19.4. The fraction of sp³-hybridized carbons (Fsp3) is 0.900. The lowest BCUT2D eigenvalue weighted by atomic mass is 10.1. The standard InChI is InChI=1S/C10H16F3NO/c1-3-9(15)14(6-10(11,12)13)7(2)8-4-5-8/h7-8H,3-6H2,1-2H3. The van der Waals surface area contributed by atoms with Gasteiger partial charge in [0.2, 0.25) is 5.91 Å². The van der Waals surface area contributed by atoms with Gasteiger partial charge in [-0.2, -0.15) is 13.2 Å². The molecule has 1 amide bonds. The molecule has 1 aliphatic rings. The third-order valence-corrected chi connectivity index (χ3v) is 2.77. The third kappa shape index (κ3) is 3.72. The van der Waals surface area contributed by atoms with Crippen LogP contribution in [0.3, 0.4) is 0 Å². The summed E-state index contributed by atoms with van der Waals surface area (Å²) in [5.74, 6) is -0.144. The minimum absolute atomic E-state index is 0.132. The van der Waals surface area contributed by atoms with Crippen LogP contribution in [-0.4, -0.2) is 29.6 Å². The molecule has 1 fully saturated rings. The normalized spacial score (nSPS) is 18.7. The van der Waals surface area contributed by atoms with Crippen molar-refractivity contribution < 1.29 is 18.0 Å². The Balaban J connectivity index is 2.63. The zero-order valence-electron chi connectivity index (χ0n) is 8.97. The Bertz CT molecular complexity index is 235. The lowest BCUT2D eigenvalue weighted by Gasteiger charge is -2.30. The molecule has 0 spiro atoms. The average molecular weight is 223 g/mol. The van der Waals surface area contributed by atoms with Gasteiger partial charge in [0.15, 0.2) is 0 Å². The zero-order chi connectivity index (χ0) is 11.6. The summed E-state index contributed by atoms with van der Waals surface area (Å²) in [4.78, 5) is 12.4. The summed E-state index contributed by atoms with van der Waals surface area (Å²) in [6.45, 7) is 2.18. The molecular formula is C10H16F3NO. The van der Waals surface area contributed by atoms with Crippen molar-refractivity contribution in [3.05, 3.63) is 0 Å². The number of carbonyl (C=O) groups excluding carboxylic acids is 1. The van der Waals surface area contributed by atoms with Gasteiger partial charge in [-0.15, -0.1) is 0 Å². The number of rotatable bonds is 4. The van der Waals surface area contributed by atoms with Crippen LogP contribution in [0.1, 0.15) is 33.1 Å². The van der Waals surface area contributed by atoms with E-state index in [2.05, 4.69) is 0 Å². The average Bonchev–Trinajstić information content (AvgIpc) is 2.93.